The SMILES string of the molecule is N#CSC(SC#N)c1ccccc1. The van der Waals surface area contributed by atoms with E-state index in [2.05, 4.69) is 0 Å². The fourth-order valence-corrected chi connectivity index (χ4v) is 2.09. The number of benzene rings is 1. The average Bonchev–Trinajstić information content (AvgIpc) is 2.19. The van der Waals surface area contributed by atoms with E-state index in [9.17, 15) is 0 Å². The van der Waals surface area contributed by atoms with E-state index in [-0.39, 0.29) is 4.58 Å². The van der Waals surface area contributed by atoms with Gasteiger partial charge in [-0.2, -0.15) is 10.5 Å². The predicted molar refractivity (Wildman–Crippen MR) is 55.6 cm³/mol. The lowest BCUT2D eigenvalue weighted by Crippen LogP contribution is -1.85. The minimum Gasteiger partial charge on any atom is -0.185 e. The zero-order valence-corrected chi connectivity index (χ0v) is 8.31. The van der Waals surface area contributed by atoms with Crippen LogP contribution in [-0.2, 0) is 0 Å². The van der Waals surface area contributed by atoms with E-state index in [1.54, 1.807) is 0 Å². The minimum absolute atomic E-state index is 0.101. The molecule has 0 atom stereocenters. The van der Waals surface area contributed by atoms with Gasteiger partial charge in [0.15, 0.2) is 0 Å². The molecule has 4 heteroatoms. The number of nitriles is 2. The standard InChI is InChI=1S/C9H6N2S2/c10-6-12-9(13-7-11)8-4-2-1-3-5-8/h1-5,9H. The Balaban J connectivity index is 2.78. The van der Waals surface area contributed by atoms with Crippen molar-refractivity contribution >= 4 is 23.5 Å². The first-order chi connectivity index (χ1) is 6.38. The highest BCUT2D eigenvalue weighted by molar-refractivity contribution is 8.20. The van der Waals surface area contributed by atoms with E-state index < -0.39 is 0 Å². The molecule has 0 aromatic heterocycles. The normalized spacial score (nSPS) is 9.15. The third kappa shape index (κ3) is 3.02. The van der Waals surface area contributed by atoms with Gasteiger partial charge in [-0.3, -0.25) is 0 Å². The molecule has 0 unspecified atom stereocenters. The Morgan fingerprint density at radius 1 is 1.00 bits per heavy atom. The molecule has 0 N–H and O–H groups in total. The van der Waals surface area contributed by atoms with Gasteiger partial charge in [0, 0.05) is 0 Å². The second-order valence-corrected chi connectivity index (χ2v) is 4.24. The van der Waals surface area contributed by atoms with Crippen LogP contribution in [0.2, 0.25) is 0 Å². The van der Waals surface area contributed by atoms with Gasteiger partial charge in [-0.25, -0.2) is 0 Å². The predicted octanol–water partition coefficient (Wildman–Crippen LogP) is 3.11. The lowest BCUT2D eigenvalue weighted by Gasteiger charge is -2.06. The molecular weight excluding hydrogens is 200 g/mol. The molecular formula is C9H6N2S2. The van der Waals surface area contributed by atoms with Gasteiger partial charge in [-0.15, -0.1) is 0 Å². The van der Waals surface area contributed by atoms with Gasteiger partial charge < -0.3 is 0 Å². The van der Waals surface area contributed by atoms with Gasteiger partial charge >= 0.3 is 0 Å². The molecule has 64 valence electrons. The summed E-state index contributed by atoms with van der Waals surface area (Å²) in [6.45, 7) is 0. The molecule has 0 heterocycles. The van der Waals surface area contributed by atoms with Crippen molar-refractivity contribution < 1.29 is 0 Å². The summed E-state index contributed by atoms with van der Waals surface area (Å²) in [5.41, 5.74) is 1.00. The molecule has 0 amide bonds. The van der Waals surface area contributed by atoms with Crippen LogP contribution in [0, 0.1) is 21.3 Å². The van der Waals surface area contributed by atoms with Gasteiger partial charge in [-0.05, 0) is 29.1 Å². The topological polar surface area (TPSA) is 47.6 Å². The van der Waals surface area contributed by atoms with Crippen LogP contribution in [0.4, 0.5) is 0 Å². The van der Waals surface area contributed by atoms with Gasteiger partial charge in [0.05, 0.1) is 0 Å². The molecule has 1 rings (SSSR count). The zero-order valence-electron chi connectivity index (χ0n) is 6.68. The Morgan fingerprint density at radius 3 is 2.00 bits per heavy atom. The third-order valence-corrected chi connectivity index (χ3v) is 3.15. The quantitative estimate of drug-likeness (QED) is 0.563. The molecule has 2 nitrogen and oxygen atoms in total. The number of hydrogen-bond donors (Lipinski definition) is 0. The van der Waals surface area contributed by atoms with Crippen molar-refractivity contribution in [3.05, 3.63) is 35.9 Å². The van der Waals surface area contributed by atoms with Crippen LogP contribution in [0.15, 0.2) is 30.3 Å². The van der Waals surface area contributed by atoms with Crippen molar-refractivity contribution in [3.63, 3.8) is 0 Å². The van der Waals surface area contributed by atoms with Crippen LogP contribution < -0.4 is 0 Å². The lowest BCUT2D eigenvalue weighted by molar-refractivity contribution is 1.39. The smallest absolute Gasteiger partial charge is 0.134 e. The van der Waals surface area contributed by atoms with Crippen molar-refractivity contribution in [1.29, 1.82) is 10.5 Å². The summed E-state index contributed by atoms with van der Waals surface area (Å²) >= 11 is 2.20. The second-order valence-electron chi connectivity index (χ2n) is 2.16. The lowest BCUT2D eigenvalue weighted by atomic mass is 10.2. The molecule has 1 aromatic rings. The molecule has 13 heavy (non-hydrogen) atoms. The molecule has 0 radical (unpaired) electrons. The van der Waals surface area contributed by atoms with Crippen LogP contribution in [0.25, 0.3) is 0 Å². The van der Waals surface area contributed by atoms with Crippen LogP contribution in [0.3, 0.4) is 0 Å². The van der Waals surface area contributed by atoms with Gasteiger partial charge in [0.25, 0.3) is 0 Å². The van der Waals surface area contributed by atoms with Crippen LogP contribution in [-0.4, -0.2) is 0 Å². The number of nitrogens with zero attached hydrogens (tertiary/aromatic N) is 2. The molecule has 1 aromatic carbocycles. The highest BCUT2D eigenvalue weighted by Gasteiger charge is 2.11. The Morgan fingerprint density at radius 2 is 1.54 bits per heavy atom. The van der Waals surface area contributed by atoms with Crippen molar-refractivity contribution in [2.45, 2.75) is 4.58 Å². The molecule has 0 bridgehead atoms. The largest absolute Gasteiger partial charge is 0.185 e. The van der Waals surface area contributed by atoms with Gasteiger partial charge in [0.1, 0.15) is 15.4 Å². The maximum Gasteiger partial charge on any atom is 0.134 e. The zero-order chi connectivity index (χ0) is 9.52. The maximum atomic E-state index is 8.51. The van der Waals surface area contributed by atoms with Crippen LogP contribution >= 0.6 is 23.5 Å². The van der Waals surface area contributed by atoms with Crippen molar-refractivity contribution in [2.24, 2.45) is 0 Å². The fourth-order valence-electron chi connectivity index (χ4n) is 0.866. The molecule has 0 aliphatic heterocycles. The molecule has 0 aliphatic carbocycles. The second kappa shape index (κ2) is 5.53. The monoisotopic (exact) mass is 206 g/mol. The first-order valence-electron chi connectivity index (χ1n) is 3.53. The number of hydrogen-bond acceptors (Lipinski definition) is 4. The first-order valence-corrected chi connectivity index (χ1v) is 5.29. The molecule has 0 spiro atoms. The van der Waals surface area contributed by atoms with E-state index in [1.165, 1.54) is 0 Å². The average molecular weight is 206 g/mol. The Labute approximate surface area is 85.6 Å². The van der Waals surface area contributed by atoms with E-state index in [1.807, 2.05) is 41.1 Å². The third-order valence-electron chi connectivity index (χ3n) is 1.39. The fraction of sp³-hybridized carbons (Fsp3) is 0.111. The van der Waals surface area contributed by atoms with Crippen LogP contribution in [0.1, 0.15) is 10.1 Å². The van der Waals surface area contributed by atoms with E-state index in [4.69, 9.17) is 10.5 Å². The first kappa shape index (κ1) is 9.98. The molecule has 0 saturated heterocycles. The van der Waals surface area contributed by atoms with Crippen molar-refractivity contribution in [3.8, 4) is 10.8 Å². The van der Waals surface area contributed by atoms with Crippen molar-refractivity contribution in [1.82, 2.24) is 0 Å². The Bertz CT molecular complexity index is 321. The summed E-state index contributed by atoms with van der Waals surface area (Å²) in [6.07, 6.45) is 0. The van der Waals surface area contributed by atoms with E-state index in [0.717, 1.165) is 29.1 Å². The number of rotatable bonds is 3. The maximum absolute atomic E-state index is 8.51. The summed E-state index contributed by atoms with van der Waals surface area (Å²) in [5, 5.41) is 21.0. The Hall–Kier alpha value is -1.10. The minimum atomic E-state index is -0.101. The summed E-state index contributed by atoms with van der Waals surface area (Å²) < 4.78 is -0.101. The Kier molecular flexibility index (Phi) is 4.25. The molecule has 0 saturated carbocycles. The van der Waals surface area contributed by atoms with E-state index >= 15 is 0 Å². The van der Waals surface area contributed by atoms with Crippen LogP contribution in [0.5, 0.6) is 0 Å². The highest BCUT2D eigenvalue weighted by Crippen LogP contribution is 2.37. The summed E-state index contributed by atoms with van der Waals surface area (Å²) in [5.74, 6) is 0. The van der Waals surface area contributed by atoms with Gasteiger partial charge in [-0.1, -0.05) is 30.3 Å². The summed E-state index contributed by atoms with van der Waals surface area (Å²) in [4.78, 5) is 0. The number of thioether (sulfide) groups is 2. The molecule has 0 aliphatic rings. The highest BCUT2D eigenvalue weighted by atomic mass is 32.2. The number of thiocyanates is 2. The summed E-state index contributed by atoms with van der Waals surface area (Å²) in [6, 6.07) is 9.55. The van der Waals surface area contributed by atoms with Crippen molar-refractivity contribution in [2.75, 3.05) is 0 Å². The van der Waals surface area contributed by atoms with E-state index in [0.29, 0.717) is 0 Å². The van der Waals surface area contributed by atoms with Gasteiger partial charge in [0.2, 0.25) is 0 Å². The summed E-state index contributed by atoms with van der Waals surface area (Å²) in [7, 11) is 0. The molecule has 0 fully saturated rings.